The van der Waals surface area contributed by atoms with Crippen LogP contribution in [0, 0.1) is 12.3 Å². The second kappa shape index (κ2) is 6.23. The van der Waals surface area contributed by atoms with Gasteiger partial charge < -0.3 is 4.90 Å². The molecule has 2 aromatic rings. The topological polar surface area (TPSA) is 69.7 Å². The van der Waals surface area contributed by atoms with Gasteiger partial charge >= 0.3 is 6.03 Å². The van der Waals surface area contributed by atoms with Crippen LogP contribution in [0.1, 0.15) is 16.7 Å². The number of nitrogens with one attached hydrogen (secondary N) is 1. The zero-order valence-electron chi connectivity index (χ0n) is 15.4. The van der Waals surface area contributed by atoms with E-state index in [0.29, 0.717) is 0 Å². The summed E-state index contributed by atoms with van der Waals surface area (Å²) in [5, 5.41) is 2.41. The lowest BCUT2D eigenvalue weighted by Gasteiger charge is -2.45. The number of fused-ring (bicyclic) bond motifs is 1. The first-order valence-electron chi connectivity index (χ1n) is 8.93. The average molecular weight is 363 g/mol. The SMILES string of the molecule is Cc1ccc2c(c1)C[C@]1(CN2C)C(=O)NC(=O)N(Cc2ccccc2)C1=O. The van der Waals surface area contributed by atoms with Gasteiger partial charge in [-0.25, -0.2) is 4.79 Å². The summed E-state index contributed by atoms with van der Waals surface area (Å²) >= 11 is 0. The van der Waals surface area contributed by atoms with Gasteiger partial charge in [0.25, 0.3) is 0 Å². The molecular formula is C21H21N3O3. The largest absolute Gasteiger partial charge is 0.373 e. The van der Waals surface area contributed by atoms with Crippen molar-refractivity contribution in [2.75, 3.05) is 18.5 Å². The third-order valence-corrected chi connectivity index (χ3v) is 5.38. The molecule has 2 heterocycles. The van der Waals surface area contributed by atoms with Gasteiger partial charge in [-0.2, -0.15) is 0 Å². The molecule has 2 aromatic carbocycles. The number of carbonyl (C=O) groups is 3. The molecule has 4 amide bonds. The Balaban J connectivity index is 1.72. The fourth-order valence-electron chi connectivity index (χ4n) is 4.04. The first-order valence-corrected chi connectivity index (χ1v) is 8.93. The molecule has 1 fully saturated rings. The molecule has 138 valence electrons. The molecular weight excluding hydrogens is 342 g/mol. The highest BCUT2D eigenvalue weighted by Crippen LogP contribution is 2.39. The van der Waals surface area contributed by atoms with E-state index in [1.165, 1.54) is 0 Å². The molecule has 0 bridgehead atoms. The number of barbiturate groups is 1. The average Bonchev–Trinajstić information content (AvgIpc) is 2.64. The minimum absolute atomic E-state index is 0.144. The summed E-state index contributed by atoms with van der Waals surface area (Å²) in [7, 11) is 1.87. The van der Waals surface area contributed by atoms with Gasteiger partial charge in [0.15, 0.2) is 0 Å². The van der Waals surface area contributed by atoms with Gasteiger partial charge in [0.05, 0.1) is 6.54 Å². The lowest BCUT2D eigenvalue weighted by molar-refractivity contribution is -0.151. The van der Waals surface area contributed by atoms with Crippen LogP contribution in [0.5, 0.6) is 0 Å². The van der Waals surface area contributed by atoms with E-state index in [-0.39, 0.29) is 19.5 Å². The van der Waals surface area contributed by atoms with Gasteiger partial charge in [0, 0.05) is 19.3 Å². The number of benzene rings is 2. The van der Waals surface area contributed by atoms with Crippen LogP contribution in [0.15, 0.2) is 48.5 Å². The minimum atomic E-state index is -1.29. The summed E-state index contributed by atoms with van der Waals surface area (Å²) < 4.78 is 0. The van der Waals surface area contributed by atoms with E-state index in [4.69, 9.17) is 0 Å². The summed E-state index contributed by atoms with van der Waals surface area (Å²) in [5.41, 5.74) is 2.57. The summed E-state index contributed by atoms with van der Waals surface area (Å²) in [5.74, 6) is -0.945. The number of carbonyl (C=O) groups excluding carboxylic acids is 3. The standard InChI is InChI=1S/C21H21N3O3/c1-14-8-9-17-16(10-14)11-21(13-23(17)2)18(25)22-20(27)24(19(21)26)12-15-6-4-3-5-7-15/h3-10H,11-13H2,1-2H3,(H,22,25,27)/t21-/m0/s1. The highest BCUT2D eigenvalue weighted by atomic mass is 16.2. The quantitative estimate of drug-likeness (QED) is 0.831. The van der Waals surface area contributed by atoms with Crippen LogP contribution in [0.25, 0.3) is 0 Å². The number of imide groups is 2. The van der Waals surface area contributed by atoms with E-state index >= 15 is 0 Å². The molecule has 1 atom stereocenters. The summed E-state index contributed by atoms with van der Waals surface area (Å²) in [6.45, 7) is 2.37. The van der Waals surface area contributed by atoms with E-state index in [2.05, 4.69) is 5.32 Å². The van der Waals surface area contributed by atoms with Crippen LogP contribution in [-0.4, -0.2) is 36.3 Å². The molecule has 2 aliphatic heterocycles. The molecule has 1 spiro atoms. The maximum absolute atomic E-state index is 13.4. The van der Waals surface area contributed by atoms with Crippen molar-refractivity contribution in [3.8, 4) is 0 Å². The lowest BCUT2D eigenvalue weighted by Crippen LogP contribution is -2.68. The van der Waals surface area contributed by atoms with Gasteiger partial charge in [-0.3, -0.25) is 19.8 Å². The molecule has 6 heteroatoms. The molecule has 0 aromatic heterocycles. The smallest absolute Gasteiger partial charge is 0.331 e. The predicted molar refractivity (Wildman–Crippen MR) is 101 cm³/mol. The van der Waals surface area contributed by atoms with Crippen molar-refractivity contribution in [3.05, 3.63) is 65.2 Å². The Hall–Kier alpha value is -3.15. The first kappa shape index (κ1) is 17.3. The van der Waals surface area contributed by atoms with Gasteiger partial charge in [-0.15, -0.1) is 0 Å². The molecule has 4 rings (SSSR count). The number of hydrogen-bond donors (Lipinski definition) is 1. The zero-order chi connectivity index (χ0) is 19.2. The maximum Gasteiger partial charge on any atom is 0.331 e. The molecule has 1 N–H and O–H groups in total. The monoisotopic (exact) mass is 363 g/mol. The van der Waals surface area contributed by atoms with Crippen LogP contribution >= 0.6 is 0 Å². The second-order valence-electron chi connectivity index (χ2n) is 7.38. The minimum Gasteiger partial charge on any atom is -0.373 e. The summed E-state index contributed by atoms with van der Waals surface area (Å²) in [6, 6.07) is 14.7. The number of rotatable bonds is 2. The number of amides is 4. The molecule has 0 saturated carbocycles. The Morgan fingerprint density at radius 3 is 2.56 bits per heavy atom. The van der Waals surface area contributed by atoms with Crippen LogP contribution in [0.2, 0.25) is 0 Å². The number of nitrogens with zero attached hydrogens (tertiary/aromatic N) is 2. The van der Waals surface area contributed by atoms with Gasteiger partial charge in [-0.05, 0) is 30.5 Å². The maximum atomic E-state index is 13.4. The van der Waals surface area contributed by atoms with Crippen LogP contribution in [0.4, 0.5) is 10.5 Å². The molecule has 27 heavy (non-hydrogen) atoms. The van der Waals surface area contributed by atoms with Crippen molar-refractivity contribution in [2.24, 2.45) is 5.41 Å². The van der Waals surface area contributed by atoms with E-state index in [1.54, 1.807) is 0 Å². The van der Waals surface area contributed by atoms with E-state index in [0.717, 1.165) is 27.3 Å². The van der Waals surface area contributed by atoms with Crippen molar-refractivity contribution in [1.29, 1.82) is 0 Å². The molecule has 0 aliphatic carbocycles. The van der Waals surface area contributed by atoms with E-state index in [1.807, 2.05) is 67.4 Å². The highest BCUT2D eigenvalue weighted by molar-refractivity contribution is 6.20. The molecule has 1 saturated heterocycles. The van der Waals surface area contributed by atoms with Gasteiger partial charge in [-0.1, -0.05) is 48.0 Å². The summed E-state index contributed by atoms with van der Waals surface area (Å²) in [6.07, 6.45) is 0.289. The number of urea groups is 1. The second-order valence-corrected chi connectivity index (χ2v) is 7.38. The number of hydrogen-bond acceptors (Lipinski definition) is 4. The van der Waals surface area contributed by atoms with Crippen molar-refractivity contribution < 1.29 is 14.4 Å². The molecule has 6 nitrogen and oxygen atoms in total. The Morgan fingerprint density at radius 1 is 1.07 bits per heavy atom. The van der Waals surface area contributed by atoms with E-state index < -0.39 is 23.3 Å². The molecule has 2 aliphatic rings. The fraction of sp³-hybridized carbons (Fsp3) is 0.286. The zero-order valence-corrected chi connectivity index (χ0v) is 15.4. The van der Waals surface area contributed by atoms with Crippen LogP contribution < -0.4 is 10.2 Å². The number of anilines is 1. The molecule has 0 radical (unpaired) electrons. The van der Waals surface area contributed by atoms with Crippen molar-refractivity contribution in [1.82, 2.24) is 10.2 Å². The first-order chi connectivity index (χ1) is 12.9. The lowest BCUT2D eigenvalue weighted by atomic mass is 9.74. The Labute approximate surface area is 157 Å². The van der Waals surface area contributed by atoms with Gasteiger partial charge in [0.2, 0.25) is 11.8 Å². The fourth-order valence-corrected chi connectivity index (χ4v) is 4.04. The third kappa shape index (κ3) is 2.77. The predicted octanol–water partition coefficient (Wildman–Crippen LogP) is 2.25. The van der Waals surface area contributed by atoms with Crippen molar-refractivity contribution in [3.63, 3.8) is 0 Å². The highest BCUT2D eigenvalue weighted by Gasteiger charge is 2.56. The Morgan fingerprint density at radius 2 is 1.81 bits per heavy atom. The number of aryl methyl sites for hydroxylation is 1. The molecule has 0 unspecified atom stereocenters. The third-order valence-electron chi connectivity index (χ3n) is 5.38. The van der Waals surface area contributed by atoms with Crippen molar-refractivity contribution >= 4 is 23.5 Å². The van der Waals surface area contributed by atoms with Crippen LogP contribution in [-0.2, 0) is 22.6 Å². The summed E-state index contributed by atoms with van der Waals surface area (Å²) in [4.78, 5) is 41.7. The Bertz CT molecular complexity index is 941. The van der Waals surface area contributed by atoms with Crippen molar-refractivity contribution in [2.45, 2.75) is 19.9 Å². The van der Waals surface area contributed by atoms with Gasteiger partial charge in [0.1, 0.15) is 5.41 Å². The van der Waals surface area contributed by atoms with Crippen LogP contribution in [0.3, 0.4) is 0 Å². The van der Waals surface area contributed by atoms with E-state index in [9.17, 15) is 14.4 Å². The normalized spacial score (nSPS) is 22.1. The Kier molecular flexibility index (Phi) is 3.98.